The molecule has 2 aromatic carbocycles. The molecule has 0 bridgehead atoms. The summed E-state index contributed by atoms with van der Waals surface area (Å²) in [6.45, 7) is 1.75. The number of anilines is 2. The van der Waals surface area contributed by atoms with E-state index in [4.69, 9.17) is 4.74 Å². The van der Waals surface area contributed by atoms with Gasteiger partial charge in [-0.05, 0) is 43.3 Å². The number of hydrogen-bond acceptors (Lipinski definition) is 4. The number of methoxy groups -OCH3 is 1. The van der Waals surface area contributed by atoms with Crippen molar-refractivity contribution in [3.05, 3.63) is 59.7 Å². The third kappa shape index (κ3) is 3.91. The van der Waals surface area contributed by atoms with Crippen molar-refractivity contribution in [2.75, 3.05) is 17.7 Å². The van der Waals surface area contributed by atoms with Crippen LogP contribution < -0.4 is 15.4 Å². The van der Waals surface area contributed by atoms with E-state index in [9.17, 15) is 22.8 Å². The molecule has 7 nitrogen and oxygen atoms in total. The van der Waals surface area contributed by atoms with E-state index in [1.54, 1.807) is 38.3 Å². The summed E-state index contributed by atoms with van der Waals surface area (Å²) >= 11 is 0. The van der Waals surface area contributed by atoms with Gasteiger partial charge in [0.2, 0.25) is 11.8 Å². The lowest BCUT2D eigenvalue weighted by atomic mass is 10.1. The van der Waals surface area contributed by atoms with Crippen LogP contribution in [0.3, 0.4) is 0 Å². The first kappa shape index (κ1) is 21.4. The summed E-state index contributed by atoms with van der Waals surface area (Å²) in [4.78, 5) is 25.2. The molecule has 1 aromatic heterocycles. The Kier molecular flexibility index (Phi) is 5.37. The highest BCUT2D eigenvalue weighted by Gasteiger charge is 2.37. The van der Waals surface area contributed by atoms with Crippen LogP contribution in [0.15, 0.2) is 48.5 Å². The molecule has 32 heavy (non-hydrogen) atoms. The number of ether oxygens (including phenoxy) is 1. The van der Waals surface area contributed by atoms with Crippen molar-refractivity contribution in [3.8, 4) is 17.0 Å². The van der Waals surface area contributed by atoms with Crippen molar-refractivity contribution in [1.82, 2.24) is 9.78 Å². The number of amides is 2. The van der Waals surface area contributed by atoms with Gasteiger partial charge in [-0.2, -0.15) is 18.3 Å². The van der Waals surface area contributed by atoms with E-state index < -0.39 is 29.6 Å². The van der Waals surface area contributed by atoms with Gasteiger partial charge in [-0.3, -0.25) is 9.59 Å². The molecule has 2 heterocycles. The largest absolute Gasteiger partial charge is 0.497 e. The quantitative estimate of drug-likeness (QED) is 0.624. The summed E-state index contributed by atoms with van der Waals surface area (Å²) in [7, 11) is 1.55. The van der Waals surface area contributed by atoms with E-state index in [-0.39, 0.29) is 12.1 Å². The normalized spacial score (nSPS) is 15.7. The third-order valence-corrected chi connectivity index (χ3v) is 5.24. The number of nitrogens with one attached hydrogen (secondary N) is 2. The van der Waals surface area contributed by atoms with E-state index in [2.05, 4.69) is 15.7 Å². The molecule has 1 aliphatic rings. The number of hydrogen-bond donors (Lipinski definition) is 2. The van der Waals surface area contributed by atoms with Crippen LogP contribution in [-0.2, 0) is 15.8 Å². The topological polar surface area (TPSA) is 85.2 Å². The highest BCUT2D eigenvalue weighted by atomic mass is 19.4. The molecule has 4 rings (SSSR count). The van der Waals surface area contributed by atoms with Crippen LogP contribution in [0.4, 0.5) is 24.7 Å². The van der Waals surface area contributed by atoms with Crippen LogP contribution in [0.25, 0.3) is 11.3 Å². The molecule has 0 saturated carbocycles. The summed E-state index contributed by atoms with van der Waals surface area (Å²) in [5, 5.41) is 9.52. The fourth-order valence-corrected chi connectivity index (χ4v) is 3.62. The second-order valence-electron chi connectivity index (χ2n) is 7.30. The molecule has 1 atom stereocenters. The Hall–Kier alpha value is -3.82. The standard InChI is InChI=1S/C22H19F3N4O3/c1-12-19(13-7-9-14(32-2)10-8-13)28-29-17(11-18(30)27-20(12)29)21(31)26-16-6-4-3-5-15(16)22(23,24)25/h3-10,17H,11H2,1-2H3,(H,26,31)(H,27,30)/t17-/m1/s1. The number of fused-ring (bicyclic) bond motifs is 1. The van der Waals surface area contributed by atoms with Crippen LogP contribution in [0.1, 0.15) is 23.6 Å². The Morgan fingerprint density at radius 3 is 2.53 bits per heavy atom. The number of rotatable bonds is 4. The molecule has 10 heteroatoms. The third-order valence-electron chi connectivity index (χ3n) is 5.24. The van der Waals surface area contributed by atoms with E-state index in [1.807, 2.05) is 0 Å². The molecule has 0 spiro atoms. The van der Waals surface area contributed by atoms with Gasteiger partial charge in [-0.15, -0.1) is 0 Å². The molecule has 0 fully saturated rings. The minimum atomic E-state index is -4.64. The number of carbonyl (C=O) groups excluding carboxylic acids is 2. The number of para-hydroxylation sites is 1. The van der Waals surface area contributed by atoms with E-state index in [1.165, 1.54) is 22.9 Å². The number of benzene rings is 2. The monoisotopic (exact) mass is 444 g/mol. The minimum Gasteiger partial charge on any atom is -0.497 e. The van der Waals surface area contributed by atoms with Crippen molar-refractivity contribution in [3.63, 3.8) is 0 Å². The van der Waals surface area contributed by atoms with E-state index >= 15 is 0 Å². The highest BCUT2D eigenvalue weighted by Crippen LogP contribution is 2.37. The smallest absolute Gasteiger partial charge is 0.418 e. The lowest BCUT2D eigenvalue weighted by Gasteiger charge is -2.24. The molecule has 0 radical (unpaired) electrons. The number of nitrogens with zero attached hydrogens (tertiary/aromatic N) is 2. The number of aromatic nitrogens is 2. The summed E-state index contributed by atoms with van der Waals surface area (Å²) < 4.78 is 46.4. The SMILES string of the molecule is COc1ccc(-c2nn3c(c2C)NC(=O)C[C@@H]3C(=O)Nc2ccccc2C(F)(F)F)cc1. The zero-order valence-electron chi connectivity index (χ0n) is 17.2. The average molecular weight is 444 g/mol. The maximum absolute atomic E-state index is 13.3. The summed E-state index contributed by atoms with van der Waals surface area (Å²) in [5.41, 5.74) is 0.567. The molecule has 0 aliphatic carbocycles. The van der Waals surface area contributed by atoms with Crippen LogP contribution in [0, 0.1) is 6.92 Å². The Labute approximate surface area is 181 Å². The molecular weight excluding hydrogens is 425 g/mol. The minimum absolute atomic E-state index is 0.254. The molecule has 166 valence electrons. The van der Waals surface area contributed by atoms with Gasteiger partial charge in [0.25, 0.3) is 0 Å². The first-order chi connectivity index (χ1) is 15.2. The average Bonchev–Trinajstić information content (AvgIpc) is 3.09. The summed E-state index contributed by atoms with van der Waals surface area (Å²) in [6, 6.07) is 10.7. The van der Waals surface area contributed by atoms with Crippen molar-refractivity contribution in [1.29, 1.82) is 0 Å². The number of halogens is 3. The van der Waals surface area contributed by atoms with Crippen molar-refractivity contribution >= 4 is 23.3 Å². The maximum Gasteiger partial charge on any atom is 0.418 e. The Bertz CT molecular complexity index is 1190. The molecular formula is C22H19F3N4O3. The summed E-state index contributed by atoms with van der Waals surface area (Å²) in [6.07, 6.45) is -4.89. The van der Waals surface area contributed by atoms with Gasteiger partial charge >= 0.3 is 6.18 Å². The van der Waals surface area contributed by atoms with Gasteiger partial charge in [0.05, 0.1) is 30.5 Å². The van der Waals surface area contributed by atoms with E-state index in [0.717, 1.165) is 11.6 Å². The second kappa shape index (κ2) is 8.03. The predicted molar refractivity (Wildman–Crippen MR) is 111 cm³/mol. The van der Waals surface area contributed by atoms with Crippen LogP contribution in [-0.4, -0.2) is 28.7 Å². The molecule has 2 amide bonds. The lowest BCUT2D eigenvalue weighted by Crippen LogP contribution is -2.36. The van der Waals surface area contributed by atoms with Gasteiger partial charge in [-0.25, -0.2) is 4.68 Å². The Morgan fingerprint density at radius 1 is 1.19 bits per heavy atom. The van der Waals surface area contributed by atoms with Gasteiger partial charge in [0.15, 0.2) is 0 Å². The maximum atomic E-state index is 13.3. The van der Waals surface area contributed by atoms with Crippen molar-refractivity contribution in [2.45, 2.75) is 25.6 Å². The summed E-state index contributed by atoms with van der Waals surface area (Å²) in [5.74, 6) is -0.201. The lowest BCUT2D eigenvalue weighted by molar-refractivity contribution is -0.137. The Morgan fingerprint density at radius 2 is 1.88 bits per heavy atom. The number of alkyl halides is 3. The van der Waals surface area contributed by atoms with Gasteiger partial charge in [-0.1, -0.05) is 12.1 Å². The first-order valence-electron chi connectivity index (χ1n) is 9.69. The second-order valence-corrected chi connectivity index (χ2v) is 7.30. The van der Waals surface area contributed by atoms with Gasteiger partial charge < -0.3 is 15.4 Å². The molecule has 1 aliphatic heterocycles. The fraction of sp³-hybridized carbons (Fsp3) is 0.227. The molecule has 2 N–H and O–H groups in total. The molecule has 0 saturated heterocycles. The first-order valence-corrected chi connectivity index (χ1v) is 9.69. The predicted octanol–water partition coefficient (Wildman–Crippen LogP) is 4.41. The number of carbonyl (C=O) groups is 2. The van der Waals surface area contributed by atoms with Crippen LogP contribution >= 0.6 is 0 Å². The highest BCUT2D eigenvalue weighted by molar-refractivity contribution is 6.02. The zero-order chi connectivity index (χ0) is 23.0. The van der Waals surface area contributed by atoms with Crippen molar-refractivity contribution in [2.24, 2.45) is 0 Å². The van der Waals surface area contributed by atoms with Crippen LogP contribution in [0.5, 0.6) is 5.75 Å². The van der Waals surface area contributed by atoms with Gasteiger partial charge in [0, 0.05) is 11.1 Å². The van der Waals surface area contributed by atoms with Crippen LogP contribution in [0.2, 0.25) is 0 Å². The molecule has 3 aromatic rings. The molecule has 0 unspecified atom stereocenters. The van der Waals surface area contributed by atoms with Crippen molar-refractivity contribution < 1.29 is 27.5 Å². The van der Waals surface area contributed by atoms with Gasteiger partial charge in [0.1, 0.15) is 17.6 Å². The fourth-order valence-electron chi connectivity index (χ4n) is 3.62. The zero-order valence-corrected chi connectivity index (χ0v) is 17.2. The Balaban J connectivity index is 1.69. The van der Waals surface area contributed by atoms with E-state index in [0.29, 0.717) is 22.8 Å².